The number of carbonyl (C=O) groups excluding carboxylic acids is 3. The first kappa shape index (κ1) is 22.1. The molecule has 0 aromatic rings. The van der Waals surface area contributed by atoms with Crippen molar-refractivity contribution in [1.82, 2.24) is 10.6 Å². The van der Waals surface area contributed by atoms with Crippen molar-refractivity contribution in [1.29, 1.82) is 0 Å². The van der Waals surface area contributed by atoms with Crippen molar-refractivity contribution in [3.63, 3.8) is 0 Å². The van der Waals surface area contributed by atoms with Gasteiger partial charge < -0.3 is 26.2 Å². The summed E-state index contributed by atoms with van der Waals surface area (Å²) in [7, 11) is 1.26. The van der Waals surface area contributed by atoms with Gasteiger partial charge in [0, 0.05) is 13.8 Å². The highest BCUT2D eigenvalue weighted by Crippen LogP contribution is 2.02. The molecule has 0 aliphatic carbocycles. The van der Waals surface area contributed by atoms with E-state index in [1.54, 1.807) is 0 Å². The number of amides is 2. The maximum Gasteiger partial charge on any atom is 0.328 e. The molecule has 0 saturated heterocycles. The minimum atomic E-state index is -0.833. The predicted octanol–water partition coefficient (Wildman–Crippen LogP) is -1.000. The molecule has 0 unspecified atom stereocenters. The molecule has 9 heteroatoms. The molecule has 0 aromatic heterocycles. The normalized spacial score (nSPS) is 10.5. The van der Waals surface area contributed by atoms with Crippen LogP contribution in [0.1, 0.15) is 33.1 Å². The molecule has 0 bridgehead atoms. The average Bonchev–Trinajstić information content (AvgIpc) is 2.42. The minimum absolute atomic E-state index is 0.153. The largest absolute Gasteiger partial charge is 0.481 e. The summed E-state index contributed by atoms with van der Waals surface area (Å²) < 4.78 is 4.60. The Hall–Kier alpha value is -2.16. The Labute approximate surface area is 129 Å². The quantitative estimate of drug-likeness (QED) is 0.331. The number of hydrogen-bond acceptors (Lipinski definition) is 6. The fourth-order valence-corrected chi connectivity index (χ4v) is 1.33. The summed E-state index contributed by atoms with van der Waals surface area (Å²) in [6.45, 7) is 2.78. The van der Waals surface area contributed by atoms with E-state index in [9.17, 15) is 14.4 Å². The SMILES string of the molecule is CC(=O)O.COC(=O)[C@H](CCCCN)NC(=O)CNC(C)=O. The fraction of sp³-hybridized carbons (Fsp3) is 0.692. The number of carboxylic acid groups (broad SMARTS) is 1. The molecular weight excluding hydrogens is 294 g/mol. The Kier molecular flexibility index (Phi) is 13.9. The molecule has 9 nitrogen and oxygen atoms in total. The number of hydrogen-bond donors (Lipinski definition) is 4. The first-order valence-corrected chi connectivity index (χ1v) is 6.75. The van der Waals surface area contributed by atoms with Gasteiger partial charge in [0.1, 0.15) is 6.04 Å². The summed E-state index contributed by atoms with van der Waals surface area (Å²) in [5.74, 6) is -2.06. The highest BCUT2D eigenvalue weighted by atomic mass is 16.5. The van der Waals surface area contributed by atoms with Gasteiger partial charge in [0.05, 0.1) is 13.7 Å². The van der Waals surface area contributed by atoms with Gasteiger partial charge in [-0.05, 0) is 25.8 Å². The van der Waals surface area contributed by atoms with Crippen LogP contribution < -0.4 is 16.4 Å². The van der Waals surface area contributed by atoms with E-state index in [1.165, 1.54) is 14.0 Å². The topological polar surface area (TPSA) is 148 Å². The van der Waals surface area contributed by atoms with E-state index >= 15 is 0 Å². The van der Waals surface area contributed by atoms with Crippen LogP contribution in [0.2, 0.25) is 0 Å². The van der Waals surface area contributed by atoms with Gasteiger partial charge in [-0.15, -0.1) is 0 Å². The lowest BCUT2D eigenvalue weighted by atomic mass is 10.1. The van der Waals surface area contributed by atoms with Crippen LogP contribution >= 0.6 is 0 Å². The minimum Gasteiger partial charge on any atom is -0.481 e. The summed E-state index contributed by atoms with van der Waals surface area (Å²) in [5.41, 5.74) is 5.35. The molecule has 1 atom stereocenters. The Morgan fingerprint density at radius 3 is 2.14 bits per heavy atom. The number of carbonyl (C=O) groups is 4. The lowest BCUT2D eigenvalue weighted by Gasteiger charge is -2.16. The zero-order chi connectivity index (χ0) is 17.5. The number of nitrogens with two attached hydrogens (primary N) is 1. The zero-order valence-corrected chi connectivity index (χ0v) is 13.2. The van der Waals surface area contributed by atoms with Gasteiger partial charge in [-0.2, -0.15) is 0 Å². The Balaban J connectivity index is 0. The van der Waals surface area contributed by atoms with Crippen molar-refractivity contribution >= 4 is 23.8 Å². The first-order valence-electron chi connectivity index (χ1n) is 6.75. The standard InChI is InChI=1S/C11H21N3O4.C2H4O2/c1-8(15)13-7-10(16)14-9(11(17)18-2)5-3-4-6-12;1-2(3)4/h9H,3-7,12H2,1-2H3,(H,13,15)(H,14,16);1H3,(H,3,4)/t9-;/m0./s1. The summed E-state index contributed by atoms with van der Waals surface area (Å²) in [4.78, 5) is 42.5. The molecular formula is C13H25N3O6. The first-order chi connectivity index (χ1) is 10.2. The fourth-order valence-electron chi connectivity index (χ4n) is 1.33. The molecule has 2 amide bonds. The van der Waals surface area contributed by atoms with Crippen molar-refractivity contribution in [2.75, 3.05) is 20.2 Å². The zero-order valence-electron chi connectivity index (χ0n) is 13.2. The Bertz CT molecular complexity index is 369. The van der Waals surface area contributed by atoms with Crippen molar-refractivity contribution in [2.24, 2.45) is 5.73 Å². The number of carboxylic acids is 1. The van der Waals surface area contributed by atoms with E-state index in [-0.39, 0.29) is 12.5 Å². The van der Waals surface area contributed by atoms with E-state index < -0.39 is 23.9 Å². The second-order valence-electron chi connectivity index (χ2n) is 4.36. The molecule has 5 N–H and O–H groups in total. The third kappa shape index (κ3) is 15.9. The number of esters is 1. The van der Waals surface area contributed by atoms with E-state index in [0.717, 1.165) is 19.8 Å². The van der Waals surface area contributed by atoms with Gasteiger partial charge in [0.25, 0.3) is 5.97 Å². The van der Waals surface area contributed by atoms with Crippen LogP contribution in [0.25, 0.3) is 0 Å². The molecule has 0 radical (unpaired) electrons. The average molecular weight is 319 g/mol. The summed E-state index contributed by atoms with van der Waals surface area (Å²) in [6, 6.07) is -0.692. The van der Waals surface area contributed by atoms with Gasteiger partial charge >= 0.3 is 5.97 Å². The van der Waals surface area contributed by atoms with Crippen LogP contribution in [0, 0.1) is 0 Å². The van der Waals surface area contributed by atoms with Crippen LogP contribution in [0.4, 0.5) is 0 Å². The molecule has 0 rings (SSSR count). The molecule has 0 aromatic carbocycles. The molecule has 0 heterocycles. The number of unbranched alkanes of at least 4 members (excludes halogenated alkanes) is 1. The molecule has 0 saturated carbocycles. The van der Waals surface area contributed by atoms with E-state index in [4.69, 9.17) is 15.6 Å². The van der Waals surface area contributed by atoms with Gasteiger partial charge in [0.15, 0.2) is 0 Å². The number of aliphatic carboxylic acids is 1. The predicted molar refractivity (Wildman–Crippen MR) is 78.8 cm³/mol. The lowest BCUT2D eigenvalue weighted by molar-refractivity contribution is -0.145. The van der Waals surface area contributed by atoms with Crippen molar-refractivity contribution in [3.8, 4) is 0 Å². The van der Waals surface area contributed by atoms with Gasteiger partial charge in [-0.3, -0.25) is 14.4 Å². The van der Waals surface area contributed by atoms with Crippen LogP contribution in [-0.4, -0.2) is 55.1 Å². The van der Waals surface area contributed by atoms with E-state index in [2.05, 4.69) is 15.4 Å². The summed E-state index contributed by atoms with van der Waals surface area (Å²) in [6.07, 6.45) is 1.96. The second-order valence-corrected chi connectivity index (χ2v) is 4.36. The van der Waals surface area contributed by atoms with Gasteiger partial charge in [-0.25, -0.2) is 4.79 Å². The highest BCUT2D eigenvalue weighted by Gasteiger charge is 2.20. The maximum atomic E-state index is 11.5. The Morgan fingerprint density at radius 1 is 1.18 bits per heavy atom. The Morgan fingerprint density at radius 2 is 1.73 bits per heavy atom. The maximum absolute atomic E-state index is 11.5. The molecule has 0 aliphatic rings. The van der Waals surface area contributed by atoms with Gasteiger partial charge in [0.2, 0.25) is 11.8 Å². The number of rotatable bonds is 8. The second kappa shape index (κ2) is 13.8. The van der Waals surface area contributed by atoms with Gasteiger partial charge in [-0.1, -0.05) is 0 Å². The van der Waals surface area contributed by atoms with Crippen molar-refractivity contribution < 1.29 is 29.0 Å². The molecule has 0 spiro atoms. The van der Waals surface area contributed by atoms with E-state index in [1.807, 2.05) is 0 Å². The van der Waals surface area contributed by atoms with Crippen LogP contribution in [-0.2, 0) is 23.9 Å². The smallest absolute Gasteiger partial charge is 0.328 e. The summed E-state index contributed by atoms with van der Waals surface area (Å²) >= 11 is 0. The molecule has 0 fully saturated rings. The number of methoxy groups -OCH3 is 1. The molecule has 128 valence electrons. The third-order valence-electron chi connectivity index (χ3n) is 2.27. The van der Waals surface area contributed by atoms with Crippen molar-refractivity contribution in [2.45, 2.75) is 39.2 Å². The van der Waals surface area contributed by atoms with Crippen molar-refractivity contribution in [3.05, 3.63) is 0 Å². The molecule has 22 heavy (non-hydrogen) atoms. The summed E-state index contributed by atoms with van der Waals surface area (Å²) in [5, 5.41) is 12.3. The van der Waals surface area contributed by atoms with E-state index in [0.29, 0.717) is 13.0 Å². The lowest BCUT2D eigenvalue weighted by Crippen LogP contribution is -2.45. The van der Waals surface area contributed by atoms with Crippen LogP contribution in [0.5, 0.6) is 0 Å². The molecule has 0 aliphatic heterocycles. The highest BCUT2D eigenvalue weighted by molar-refractivity contribution is 5.87. The number of ether oxygens (including phenoxy) is 1. The number of nitrogens with one attached hydrogen (secondary N) is 2. The third-order valence-corrected chi connectivity index (χ3v) is 2.27. The monoisotopic (exact) mass is 319 g/mol. The van der Waals surface area contributed by atoms with Crippen LogP contribution in [0.15, 0.2) is 0 Å². The van der Waals surface area contributed by atoms with Crippen LogP contribution in [0.3, 0.4) is 0 Å².